The van der Waals surface area contributed by atoms with Crippen LogP contribution in [0.25, 0.3) is 16.6 Å². The maximum Gasteiger partial charge on any atom is 0.266 e. The van der Waals surface area contributed by atoms with E-state index in [1.807, 2.05) is 12.1 Å². The summed E-state index contributed by atoms with van der Waals surface area (Å²) in [4.78, 5) is 30.1. The number of hydrogen-bond donors (Lipinski definition) is 1. The highest BCUT2D eigenvalue weighted by molar-refractivity contribution is 9.10. The van der Waals surface area contributed by atoms with Crippen LogP contribution in [0.2, 0.25) is 5.02 Å². The van der Waals surface area contributed by atoms with Crippen molar-refractivity contribution in [2.45, 2.75) is 5.16 Å². The highest BCUT2D eigenvalue weighted by Gasteiger charge is 2.15. The van der Waals surface area contributed by atoms with Gasteiger partial charge in [0.1, 0.15) is 5.82 Å². The van der Waals surface area contributed by atoms with Gasteiger partial charge in [-0.05, 0) is 48.5 Å². The van der Waals surface area contributed by atoms with Gasteiger partial charge in [0.05, 0.1) is 33.6 Å². The smallest absolute Gasteiger partial charge is 0.266 e. The van der Waals surface area contributed by atoms with Crippen LogP contribution in [0.1, 0.15) is 5.56 Å². The number of fused-ring (bicyclic) bond motifs is 1. The molecule has 0 unspecified atom stereocenters. The van der Waals surface area contributed by atoms with Crippen molar-refractivity contribution in [2.24, 2.45) is 5.10 Å². The maximum absolute atomic E-state index is 13.8. The normalized spacial score (nSPS) is 11.2. The first-order valence-corrected chi connectivity index (χ1v) is 11.8. The zero-order valence-electron chi connectivity index (χ0n) is 16.8. The minimum atomic E-state index is -0.547. The van der Waals surface area contributed by atoms with Gasteiger partial charge >= 0.3 is 0 Å². The molecule has 1 heterocycles. The number of carbonyl (C=O) groups excluding carboxylic acids is 1. The molecule has 1 N–H and O–H groups in total. The molecule has 3 aromatic carbocycles. The van der Waals surface area contributed by atoms with Crippen molar-refractivity contribution in [3.05, 3.63) is 98.0 Å². The van der Waals surface area contributed by atoms with Gasteiger partial charge in [-0.15, -0.1) is 0 Å². The molecule has 33 heavy (non-hydrogen) atoms. The van der Waals surface area contributed by atoms with E-state index >= 15 is 0 Å². The van der Waals surface area contributed by atoms with Crippen LogP contribution in [0.15, 0.2) is 86.3 Å². The SMILES string of the molecule is O=C(CSc1nc2ccccc2c(=O)n1-c1ccc(Br)cc1)N/N=C/c1c(F)cccc1Cl. The molecule has 4 aromatic rings. The lowest BCUT2D eigenvalue weighted by Gasteiger charge is -2.13. The van der Waals surface area contributed by atoms with Crippen molar-refractivity contribution in [2.75, 3.05) is 5.75 Å². The number of carbonyl (C=O) groups is 1. The summed E-state index contributed by atoms with van der Waals surface area (Å²) < 4.78 is 16.1. The maximum atomic E-state index is 13.8. The Bertz CT molecular complexity index is 1410. The number of benzene rings is 3. The lowest BCUT2D eigenvalue weighted by molar-refractivity contribution is -0.118. The van der Waals surface area contributed by atoms with Gasteiger partial charge in [0, 0.05) is 10.0 Å². The van der Waals surface area contributed by atoms with E-state index in [1.165, 1.54) is 22.8 Å². The van der Waals surface area contributed by atoms with Gasteiger partial charge in [-0.25, -0.2) is 14.8 Å². The molecule has 0 saturated carbocycles. The molecular formula is C23H15BrClFN4O2S. The van der Waals surface area contributed by atoms with Crippen molar-refractivity contribution in [1.29, 1.82) is 0 Å². The fourth-order valence-corrected chi connectivity index (χ4v) is 4.27. The second kappa shape index (κ2) is 10.3. The molecular weight excluding hydrogens is 531 g/mol. The van der Waals surface area contributed by atoms with Gasteiger partial charge in [-0.3, -0.25) is 14.2 Å². The Labute approximate surface area is 205 Å². The molecule has 6 nitrogen and oxygen atoms in total. The minimum Gasteiger partial charge on any atom is -0.272 e. The van der Waals surface area contributed by atoms with Crippen molar-refractivity contribution in [1.82, 2.24) is 15.0 Å². The summed E-state index contributed by atoms with van der Waals surface area (Å²) in [5.74, 6) is -1.06. The number of hydrazone groups is 1. The molecule has 10 heteroatoms. The minimum absolute atomic E-state index is 0.0658. The fourth-order valence-electron chi connectivity index (χ4n) is 2.99. The van der Waals surface area contributed by atoms with E-state index in [4.69, 9.17) is 11.6 Å². The first kappa shape index (κ1) is 23.2. The zero-order chi connectivity index (χ0) is 23.4. The Morgan fingerprint density at radius 1 is 1.15 bits per heavy atom. The second-order valence-electron chi connectivity index (χ2n) is 6.75. The van der Waals surface area contributed by atoms with Gasteiger partial charge < -0.3 is 0 Å². The van der Waals surface area contributed by atoms with Crippen molar-refractivity contribution in [3.8, 4) is 5.69 Å². The molecule has 0 fully saturated rings. The molecule has 4 rings (SSSR count). The quantitative estimate of drug-likeness (QED) is 0.157. The number of aromatic nitrogens is 2. The zero-order valence-corrected chi connectivity index (χ0v) is 20.0. The van der Waals surface area contributed by atoms with E-state index in [-0.39, 0.29) is 21.9 Å². The fraction of sp³-hybridized carbons (Fsp3) is 0.0435. The molecule has 1 aromatic heterocycles. The van der Waals surface area contributed by atoms with Crippen LogP contribution >= 0.6 is 39.3 Å². The number of hydrogen-bond acceptors (Lipinski definition) is 5. The van der Waals surface area contributed by atoms with Gasteiger partial charge in [-0.2, -0.15) is 5.10 Å². The van der Waals surface area contributed by atoms with E-state index in [9.17, 15) is 14.0 Å². The average molecular weight is 546 g/mol. The summed E-state index contributed by atoms with van der Waals surface area (Å²) >= 11 is 10.4. The molecule has 0 radical (unpaired) electrons. The van der Waals surface area contributed by atoms with Gasteiger partial charge in [-0.1, -0.05) is 57.5 Å². The Morgan fingerprint density at radius 2 is 1.91 bits per heavy atom. The van der Waals surface area contributed by atoms with Crippen molar-refractivity contribution in [3.63, 3.8) is 0 Å². The summed E-state index contributed by atoms with van der Waals surface area (Å²) in [6, 6.07) is 18.5. The lowest BCUT2D eigenvalue weighted by atomic mass is 10.2. The summed E-state index contributed by atoms with van der Waals surface area (Å²) in [7, 11) is 0. The summed E-state index contributed by atoms with van der Waals surface area (Å²) in [5.41, 5.74) is 3.33. The van der Waals surface area contributed by atoms with Gasteiger partial charge in [0.2, 0.25) is 0 Å². The Morgan fingerprint density at radius 3 is 2.67 bits per heavy atom. The van der Waals surface area contributed by atoms with Crippen LogP contribution < -0.4 is 11.0 Å². The molecule has 1 amide bonds. The number of nitrogens with zero attached hydrogens (tertiary/aromatic N) is 3. The first-order valence-electron chi connectivity index (χ1n) is 9.60. The van der Waals surface area contributed by atoms with E-state index < -0.39 is 11.7 Å². The van der Waals surface area contributed by atoms with E-state index in [1.54, 1.807) is 36.4 Å². The molecule has 0 bridgehead atoms. The standard InChI is InChI=1S/C23H15BrClFN4O2S/c24-14-8-10-15(11-9-14)30-22(32)16-4-1-2-7-20(16)28-23(30)33-13-21(31)29-27-12-17-18(25)5-3-6-19(17)26/h1-12H,13H2,(H,29,31)/b27-12+. The third-order valence-corrected chi connectivity index (χ3v) is 6.34. The van der Waals surface area contributed by atoms with Crippen LogP contribution in [-0.2, 0) is 4.79 Å². The van der Waals surface area contributed by atoms with E-state index in [0.29, 0.717) is 21.7 Å². The second-order valence-corrected chi connectivity index (χ2v) is 9.01. The van der Waals surface area contributed by atoms with Gasteiger partial charge in [0.25, 0.3) is 11.5 Å². The molecule has 166 valence electrons. The average Bonchev–Trinajstić information content (AvgIpc) is 2.80. The number of thioether (sulfide) groups is 1. The van der Waals surface area contributed by atoms with Crippen molar-refractivity contribution >= 4 is 62.3 Å². The molecule has 0 atom stereocenters. The predicted octanol–water partition coefficient (Wildman–Crippen LogP) is 5.18. The third kappa shape index (κ3) is 5.32. The Kier molecular flexibility index (Phi) is 7.22. The molecule has 0 spiro atoms. The number of para-hydroxylation sites is 1. The largest absolute Gasteiger partial charge is 0.272 e. The van der Waals surface area contributed by atoms with Crippen LogP contribution in [-0.4, -0.2) is 27.4 Å². The van der Waals surface area contributed by atoms with Crippen LogP contribution in [0.4, 0.5) is 4.39 Å². The van der Waals surface area contributed by atoms with Gasteiger partial charge in [0.15, 0.2) is 5.16 Å². The third-order valence-electron chi connectivity index (χ3n) is 4.54. The highest BCUT2D eigenvalue weighted by Crippen LogP contribution is 2.22. The van der Waals surface area contributed by atoms with E-state index in [2.05, 4.69) is 31.4 Å². The summed E-state index contributed by atoms with van der Waals surface area (Å²) in [6.45, 7) is 0. The molecule has 0 aliphatic heterocycles. The summed E-state index contributed by atoms with van der Waals surface area (Å²) in [5, 5.41) is 4.79. The number of amides is 1. The summed E-state index contributed by atoms with van der Waals surface area (Å²) in [6.07, 6.45) is 1.15. The van der Waals surface area contributed by atoms with Crippen LogP contribution in [0.3, 0.4) is 0 Å². The van der Waals surface area contributed by atoms with E-state index in [0.717, 1.165) is 22.4 Å². The first-order chi connectivity index (χ1) is 15.9. The van der Waals surface area contributed by atoms with Crippen molar-refractivity contribution < 1.29 is 9.18 Å². The molecule has 0 saturated heterocycles. The molecule has 0 aliphatic carbocycles. The number of rotatable bonds is 6. The highest BCUT2D eigenvalue weighted by atomic mass is 79.9. The predicted molar refractivity (Wildman–Crippen MR) is 133 cm³/mol. The van der Waals surface area contributed by atoms with Crippen LogP contribution in [0.5, 0.6) is 0 Å². The number of nitrogens with one attached hydrogen (secondary N) is 1. The molecule has 0 aliphatic rings. The lowest BCUT2D eigenvalue weighted by Crippen LogP contribution is -2.24. The Balaban J connectivity index is 1.57. The van der Waals surface area contributed by atoms with Crippen LogP contribution in [0, 0.1) is 5.82 Å². The number of halogens is 3. The monoisotopic (exact) mass is 544 g/mol. The topological polar surface area (TPSA) is 76.3 Å². The Hall–Kier alpha value is -3.01.